The van der Waals surface area contributed by atoms with Gasteiger partial charge in [-0.2, -0.15) is 0 Å². The van der Waals surface area contributed by atoms with E-state index in [2.05, 4.69) is 28.5 Å². The molecule has 110 valence electrons. The number of para-hydroxylation sites is 1. The maximum Gasteiger partial charge on any atom is 0.306 e. The van der Waals surface area contributed by atoms with Crippen LogP contribution >= 0.6 is 0 Å². The summed E-state index contributed by atoms with van der Waals surface area (Å²) in [6.07, 6.45) is 3.31. The van der Waals surface area contributed by atoms with Gasteiger partial charge in [0.25, 0.3) is 0 Å². The van der Waals surface area contributed by atoms with Crippen LogP contribution in [0.25, 0.3) is 10.9 Å². The number of fused-ring (bicyclic) bond motifs is 1. The topological polar surface area (TPSA) is 62.2 Å². The van der Waals surface area contributed by atoms with E-state index in [4.69, 9.17) is 5.11 Å². The first kappa shape index (κ1) is 13.9. The van der Waals surface area contributed by atoms with Gasteiger partial charge in [0.05, 0.1) is 17.1 Å². The van der Waals surface area contributed by atoms with Crippen LogP contribution in [0, 0.1) is 12.8 Å². The Morgan fingerprint density at radius 2 is 1.95 bits per heavy atom. The Morgan fingerprint density at radius 3 is 2.67 bits per heavy atom. The Balaban J connectivity index is 1.77. The van der Waals surface area contributed by atoms with Gasteiger partial charge in [0.2, 0.25) is 0 Å². The third-order valence-corrected chi connectivity index (χ3v) is 4.30. The Kier molecular flexibility index (Phi) is 3.78. The first-order valence-electron chi connectivity index (χ1n) is 7.49. The highest BCUT2D eigenvalue weighted by Crippen LogP contribution is 2.29. The first-order valence-corrected chi connectivity index (χ1v) is 7.49. The van der Waals surface area contributed by atoms with E-state index < -0.39 is 5.97 Å². The normalized spacial score (nSPS) is 22.1. The van der Waals surface area contributed by atoms with Crippen LogP contribution in [0.2, 0.25) is 0 Å². The van der Waals surface area contributed by atoms with Gasteiger partial charge in [0.1, 0.15) is 0 Å². The van der Waals surface area contributed by atoms with Gasteiger partial charge in [-0.25, -0.2) is 0 Å². The molecule has 0 radical (unpaired) electrons. The second-order valence-corrected chi connectivity index (χ2v) is 5.86. The molecule has 1 heterocycles. The molecule has 1 aromatic heterocycles. The van der Waals surface area contributed by atoms with Crippen molar-refractivity contribution in [1.82, 2.24) is 4.98 Å². The molecule has 0 atom stereocenters. The van der Waals surface area contributed by atoms with Gasteiger partial charge in [0.15, 0.2) is 0 Å². The van der Waals surface area contributed by atoms with E-state index in [1.54, 1.807) is 0 Å². The van der Waals surface area contributed by atoms with E-state index in [1.807, 2.05) is 19.1 Å². The Morgan fingerprint density at radius 1 is 1.19 bits per heavy atom. The van der Waals surface area contributed by atoms with Crippen LogP contribution in [0.3, 0.4) is 0 Å². The minimum atomic E-state index is -0.657. The lowest BCUT2D eigenvalue weighted by atomic mass is 9.86. The number of carboxylic acid groups (broad SMARTS) is 1. The summed E-state index contributed by atoms with van der Waals surface area (Å²) in [4.78, 5) is 15.6. The molecular weight excluding hydrogens is 264 g/mol. The number of carbonyl (C=O) groups is 1. The number of aryl methyl sites for hydroxylation is 1. The number of hydrogen-bond donors (Lipinski definition) is 2. The summed E-state index contributed by atoms with van der Waals surface area (Å²) in [5.74, 6) is -0.827. The maximum atomic E-state index is 11.0. The van der Waals surface area contributed by atoms with Gasteiger partial charge in [-0.1, -0.05) is 18.2 Å². The van der Waals surface area contributed by atoms with Crippen molar-refractivity contribution in [3.8, 4) is 0 Å². The summed E-state index contributed by atoms with van der Waals surface area (Å²) in [6.45, 7) is 1.99. The van der Waals surface area contributed by atoms with E-state index >= 15 is 0 Å². The maximum absolute atomic E-state index is 11.0. The van der Waals surface area contributed by atoms with E-state index in [0.717, 1.165) is 48.0 Å². The third-order valence-electron chi connectivity index (χ3n) is 4.30. The average Bonchev–Trinajstić information content (AvgIpc) is 2.48. The Bertz CT molecular complexity index is 661. The van der Waals surface area contributed by atoms with Crippen molar-refractivity contribution in [2.45, 2.75) is 38.6 Å². The second kappa shape index (κ2) is 5.72. The number of benzene rings is 1. The van der Waals surface area contributed by atoms with Crippen molar-refractivity contribution < 1.29 is 9.90 Å². The Labute approximate surface area is 124 Å². The molecule has 21 heavy (non-hydrogen) atoms. The van der Waals surface area contributed by atoms with Crippen LogP contribution in [0.5, 0.6) is 0 Å². The number of carboxylic acids is 1. The average molecular weight is 284 g/mol. The van der Waals surface area contributed by atoms with Crippen LogP contribution in [0.1, 0.15) is 31.4 Å². The number of nitrogens with zero attached hydrogens (tertiary/aromatic N) is 1. The molecule has 1 saturated carbocycles. The molecule has 4 nitrogen and oxygen atoms in total. The summed E-state index contributed by atoms with van der Waals surface area (Å²) in [5.41, 5.74) is 3.05. The standard InChI is InChI=1S/C17H20N2O2/c1-11-5-6-12-3-2-4-15(16(12)18-11)19-14-9-7-13(8-10-14)17(20)21/h2-6,13-14,19H,7-10H2,1H3,(H,20,21). The lowest BCUT2D eigenvalue weighted by Crippen LogP contribution is -2.29. The van der Waals surface area contributed by atoms with Gasteiger partial charge in [0, 0.05) is 17.1 Å². The van der Waals surface area contributed by atoms with Crippen LogP contribution in [0.4, 0.5) is 5.69 Å². The molecule has 1 aromatic carbocycles. The Hall–Kier alpha value is -2.10. The highest BCUT2D eigenvalue weighted by atomic mass is 16.4. The van der Waals surface area contributed by atoms with Crippen LogP contribution < -0.4 is 5.32 Å². The zero-order valence-corrected chi connectivity index (χ0v) is 12.2. The summed E-state index contributed by atoms with van der Waals surface area (Å²) in [5, 5.41) is 13.7. The van der Waals surface area contributed by atoms with Crippen molar-refractivity contribution in [2.24, 2.45) is 5.92 Å². The molecule has 0 spiro atoms. The van der Waals surface area contributed by atoms with E-state index in [0.29, 0.717) is 6.04 Å². The molecule has 0 amide bonds. The van der Waals surface area contributed by atoms with Crippen molar-refractivity contribution in [1.29, 1.82) is 0 Å². The monoisotopic (exact) mass is 284 g/mol. The van der Waals surface area contributed by atoms with E-state index in [9.17, 15) is 4.79 Å². The minimum absolute atomic E-state index is 0.170. The van der Waals surface area contributed by atoms with E-state index in [-0.39, 0.29) is 5.92 Å². The molecule has 1 aliphatic rings. The van der Waals surface area contributed by atoms with Gasteiger partial charge in [-0.05, 0) is 44.7 Å². The van der Waals surface area contributed by atoms with Crippen LogP contribution in [-0.2, 0) is 4.79 Å². The molecule has 2 N–H and O–H groups in total. The number of anilines is 1. The number of aliphatic carboxylic acids is 1. The van der Waals surface area contributed by atoms with Gasteiger partial charge in [-0.3, -0.25) is 9.78 Å². The van der Waals surface area contributed by atoms with Crippen molar-refractivity contribution in [2.75, 3.05) is 5.32 Å². The van der Waals surface area contributed by atoms with Crippen molar-refractivity contribution >= 4 is 22.6 Å². The molecule has 1 aliphatic carbocycles. The predicted molar refractivity (Wildman–Crippen MR) is 83.5 cm³/mol. The molecule has 0 saturated heterocycles. The molecular formula is C17H20N2O2. The quantitative estimate of drug-likeness (QED) is 0.904. The van der Waals surface area contributed by atoms with Crippen molar-refractivity contribution in [3.63, 3.8) is 0 Å². The number of rotatable bonds is 3. The number of pyridine rings is 1. The molecule has 0 bridgehead atoms. The van der Waals surface area contributed by atoms with Crippen LogP contribution in [0.15, 0.2) is 30.3 Å². The smallest absolute Gasteiger partial charge is 0.306 e. The molecule has 0 aliphatic heterocycles. The van der Waals surface area contributed by atoms with E-state index in [1.165, 1.54) is 0 Å². The summed E-state index contributed by atoms with van der Waals surface area (Å²) in [7, 11) is 0. The highest BCUT2D eigenvalue weighted by Gasteiger charge is 2.26. The minimum Gasteiger partial charge on any atom is -0.481 e. The lowest BCUT2D eigenvalue weighted by Gasteiger charge is -2.28. The molecule has 0 unspecified atom stereocenters. The van der Waals surface area contributed by atoms with Gasteiger partial charge < -0.3 is 10.4 Å². The lowest BCUT2D eigenvalue weighted by molar-refractivity contribution is -0.142. The number of nitrogens with one attached hydrogen (secondary N) is 1. The fourth-order valence-corrected chi connectivity index (χ4v) is 3.07. The van der Waals surface area contributed by atoms with Crippen molar-refractivity contribution in [3.05, 3.63) is 36.0 Å². The second-order valence-electron chi connectivity index (χ2n) is 5.86. The van der Waals surface area contributed by atoms with Crippen LogP contribution in [-0.4, -0.2) is 22.1 Å². The fraction of sp³-hybridized carbons (Fsp3) is 0.412. The highest BCUT2D eigenvalue weighted by molar-refractivity contribution is 5.90. The summed E-state index contributed by atoms with van der Waals surface area (Å²) in [6, 6.07) is 10.6. The number of aromatic nitrogens is 1. The summed E-state index contributed by atoms with van der Waals surface area (Å²) >= 11 is 0. The zero-order valence-electron chi connectivity index (χ0n) is 12.2. The fourth-order valence-electron chi connectivity index (χ4n) is 3.07. The largest absolute Gasteiger partial charge is 0.481 e. The number of hydrogen-bond acceptors (Lipinski definition) is 3. The molecule has 4 heteroatoms. The van der Waals surface area contributed by atoms with Gasteiger partial charge >= 0.3 is 5.97 Å². The third kappa shape index (κ3) is 2.99. The molecule has 2 aromatic rings. The van der Waals surface area contributed by atoms with Gasteiger partial charge in [-0.15, -0.1) is 0 Å². The SMILES string of the molecule is Cc1ccc2cccc(NC3CCC(C(=O)O)CC3)c2n1. The molecule has 1 fully saturated rings. The summed E-state index contributed by atoms with van der Waals surface area (Å²) < 4.78 is 0. The zero-order chi connectivity index (χ0) is 14.8. The first-order chi connectivity index (χ1) is 10.1. The predicted octanol–water partition coefficient (Wildman–Crippen LogP) is 3.60. The molecule has 3 rings (SSSR count).